The van der Waals surface area contributed by atoms with E-state index < -0.39 is 17.8 Å². The maximum atomic E-state index is 13.0. The summed E-state index contributed by atoms with van der Waals surface area (Å²) < 4.78 is 38.9. The molecule has 0 saturated carbocycles. The van der Waals surface area contributed by atoms with Crippen LogP contribution in [0.1, 0.15) is 64.4 Å². The van der Waals surface area contributed by atoms with Crippen molar-refractivity contribution in [3.8, 4) is 0 Å². The number of nitrogens with one attached hydrogen (secondary N) is 1. The Morgan fingerprint density at radius 3 is 2.58 bits per heavy atom. The second kappa shape index (κ2) is 9.57. The standard InChI is InChI=1S/C26H26F3N3O3S/c1-25(2,3)22-19-8-7-17(13-16(19)9-10-32(22)24(34)35)23(33)31-20-14-36-21(30-20)12-15-5-4-6-18(11-15)26(27,28)29/h4-8,11,13-14,22H,9-10,12H2,1-3H3,(H,31,33)(H,34,35). The summed E-state index contributed by atoms with van der Waals surface area (Å²) in [4.78, 5) is 30.5. The number of carbonyl (C=O) groups is 2. The van der Waals surface area contributed by atoms with E-state index in [0.717, 1.165) is 23.3 Å². The number of alkyl halides is 3. The SMILES string of the molecule is CC(C)(C)C1c2ccc(C(=O)Nc3csc(Cc4cccc(C(F)(F)F)c4)n3)cc2CCN1C(=O)O. The normalized spacial score (nSPS) is 15.9. The molecular weight excluding hydrogens is 491 g/mol. The lowest BCUT2D eigenvalue weighted by atomic mass is 9.77. The number of thiazole rings is 1. The summed E-state index contributed by atoms with van der Waals surface area (Å²) in [5.74, 6) is -0.0315. The van der Waals surface area contributed by atoms with Crippen LogP contribution in [0.4, 0.5) is 23.8 Å². The van der Waals surface area contributed by atoms with E-state index in [1.54, 1.807) is 23.6 Å². The van der Waals surface area contributed by atoms with Gasteiger partial charge in [0.2, 0.25) is 0 Å². The second-order valence-electron chi connectivity index (χ2n) is 9.86. The van der Waals surface area contributed by atoms with E-state index in [-0.39, 0.29) is 23.8 Å². The largest absolute Gasteiger partial charge is 0.465 e. The van der Waals surface area contributed by atoms with Crippen LogP contribution in [-0.2, 0) is 19.0 Å². The van der Waals surface area contributed by atoms with Gasteiger partial charge in [0, 0.05) is 23.9 Å². The number of carbonyl (C=O) groups excluding carboxylic acids is 1. The third-order valence-electron chi connectivity index (χ3n) is 6.10. The molecular formula is C26H26F3N3O3S. The van der Waals surface area contributed by atoms with Crippen molar-refractivity contribution < 1.29 is 27.9 Å². The number of anilines is 1. The molecule has 2 aromatic carbocycles. The Kier molecular flexibility index (Phi) is 6.83. The third-order valence-corrected chi connectivity index (χ3v) is 6.95. The van der Waals surface area contributed by atoms with E-state index in [4.69, 9.17) is 0 Å². The average molecular weight is 518 g/mol. The zero-order valence-electron chi connectivity index (χ0n) is 20.0. The van der Waals surface area contributed by atoms with Gasteiger partial charge >= 0.3 is 12.3 Å². The van der Waals surface area contributed by atoms with Gasteiger partial charge in [-0.05, 0) is 46.7 Å². The molecule has 0 aliphatic carbocycles. The van der Waals surface area contributed by atoms with E-state index in [0.29, 0.717) is 34.9 Å². The summed E-state index contributed by atoms with van der Waals surface area (Å²) in [7, 11) is 0. The maximum absolute atomic E-state index is 13.0. The smallest absolute Gasteiger partial charge is 0.416 e. The second-order valence-corrected chi connectivity index (χ2v) is 10.8. The van der Waals surface area contributed by atoms with Crippen molar-refractivity contribution >= 4 is 29.2 Å². The molecule has 2 N–H and O–H groups in total. The molecule has 2 amide bonds. The van der Waals surface area contributed by atoms with Crippen molar-refractivity contribution in [2.24, 2.45) is 5.41 Å². The Morgan fingerprint density at radius 1 is 1.17 bits per heavy atom. The summed E-state index contributed by atoms with van der Waals surface area (Å²) in [5, 5.41) is 14.6. The van der Waals surface area contributed by atoms with Gasteiger partial charge in [0.05, 0.1) is 16.6 Å². The fourth-order valence-corrected chi connectivity index (χ4v) is 5.34. The predicted octanol–water partition coefficient (Wildman–Crippen LogP) is 6.63. The van der Waals surface area contributed by atoms with E-state index in [1.165, 1.54) is 22.3 Å². The molecule has 3 aromatic rings. The van der Waals surface area contributed by atoms with Crippen LogP contribution in [0.2, 0.25) is 0 Å². The molecule has 0 spiro atoms. The lowest BCUT2D eigenvalue weighted by Gasteiger charge is -2.43. The van der Waals surface area contributed by atoms with Crippen LogP contribution in [0.3, 0.4) is 0 Å². The van der Waals surface area contributed by atoms with E-state index in [2.05, 4.69) is 10.3 Å². The summed E-state index contributed by atoms with van der Waals surface area (Å²) in [6, 6.07) is 10.1. The number of fused-ring (bicyclic) bond motifs is 1. The van der Waals surface area contributed by atoms with Gasteiger partial charge in [-0.3, -0.25) is 4.79 Å². The zero-order valence-corrected chi connectivity index (χ0v) is 20.8. The Morgan fingerprint density at radius 2 is 1.92 bits per heavy atom. The van der Waals surface area contributed by atoms with E-state index in [1.807, 2.05) is 26.8 Å². The highest BCUT2D eigenvalue weighted by Crippen LogP contribution is 2.42. The lowest BCUT2D eigenvalue weighted by molar-refractivity contribution is -0.137. The minimum atomic E-state index is -4.41. The molecule has 0 bridgehead atoms. The molecule has 36 heavy (non-hydrogen) atoms. The first kappa shape index (κ1) is 25.7. The number of hydrogen-bond acceptors (Lipinski definition) is 4. The Labute approximate surface area is 210 Å². The van der Waals surface area contributed by atoms with Crippen molar-refractivity contribution in [2.75, 3.05) is 11.9 Å². The molecule has 6 nitrogen and oxygen atoms in total. The lowest BCUT2D eigenvalue weighted by Crippen LogP contribution is -2.44. The molecule has 10 heteroatoms. The topological polar surface area (TPSA) is 82.5 Å². The fraction of sp³-hybridized carbons (Fsp3) is 0.346. The molecule has 4 rings (SSSR count). The van der Waals surface area contributed by atoms with Crippen molar-refractivity contribution in [2.45, 2.75) is 45.8 Å². The Hall–Kier alpha value is -3.40. The van der Waals surface area contributed by atoms with Crippen molar-refractivity contribution in [1.82, 2.24) is 9.88 Å². The summed E-state index contributed by atoms with van der Waals surface area (Å²) in [6.45, 7) is 6.31. The maximum Gasteiger partial charge on any atom is 0.416 e. The van der Waals surface area contributed by atoms with Crippen molar-refractivity contribution in [3.63, 3.8) is 0 Å². The molecule has 1 unspecified atom stereocenters. The summed E-state index contributed by atoms with van der Waals surface area (Å²) >= 11 is 1.26. The van der Waals surface area contributed by atoms with Gasteiger partial charge in [0.15, 0.2) is 0 Å². The molecule has 0 fully saturated rings. The van der Waals surface area contributed by atoms with Gasteiger partial charge in [0.25, 0.3) is 5.91 Å². The molecule has 1 aliphatic heterocycles. The van der Waals surface area contributed by atoms with Crippen LogP contribution >= 0.6 is 11.3 Å². The molecule has 1 atom stereocenters. The highest BCUT2D eigenvalue weighted by molar-refractivity contribution is 7.10. The van der Waals surface area contributed by atoms with Crippen molar-refractivity contribution in [3.05, 3.63) is 80.7 Å². The van der Waals surface area contributed by atoms with Gasteiger partial charge in [-0.25, -0.2) is 9.78 Å². The Bertz CT molecular complexity index is 1300. The van der Waals surface area contributed by atoms with E-state index >= 15 is 0 Å². The first-order valence-electron chi connectivity index (χ1n) is 11.4. The molecule has 190 valence electrons. The molecule has 1 aromatic heterocycles. The number of carboxylic acid groups (broad SMARTS) is 1. The summed E-state index contributed by atoms with van der Waals surface area (Å²) in [5.41, 5.74) is 1.70. The first-order chi connectivity index (χ1) is 16.8. The van der Waals surface area contributed by atoms with Crippen molar-refractivity contribution in [1.29, 1.82) is 0 Å². The first-order valence-corrected chi connectivity index (χ1v) is 12.2. The molecule has 0 radical (unpaired) electrons. The van der Waals surface area contributed by atoms with Crippen LogP contribution in [0.5, 0.6) is 0 Å². The van der Waals surface area contributed by atoms with Gasteiger partial charge in [-0.15, -0.1) is 11.3 Å². The van der Waals surface area contributed by atoms with Crippen LogP contribution in [0, 0.1) is 5.41 Å². The minimum Gasteiger partial charge on any atom is -0.465 e. The molecule has 1 aliphatic rings. The molecule has 2 heterocycles. The summed E-state index contributed by atoms with van der Waals surface area (Å²) in [6.07, 6.45) is -4.65. The highest BCUT2D eigenvalue weighted by atomic mass is 32.1. The number of aromatic nitrogens is 1. The van der Waals surface area contributed by atoms with Gasteiger partial charge in [-0.2, -0.15) is 13.2 Å². The molecule has 0 saturated heterocycles. The Balaban J connectivity index is 1.48. The van der Waals surface area contributed by atoms with Gasteiger partial charge in [0.1, 0.15) is 5.82 Å². The van der Waals surface area contributed by atoms with Crippen LogP contribution in [0.15, 0.2) is 47.8 Å². The van der Waals surface area contributed by atoms with Crippen LogP contribution < -0.4 is 5.32 Å². The van der Waals surface area contributed by atoms with E-state index in [9.17, 15) is 27.9 Å². The van der Waals surface area contributed by atoms with Gasteiger partial charge < -0.3 is 15.3 Å². The number of halogens is 3. The number of rotatable bonds is 4. The van der Waals surface area contributed by atoms with Gasteiger partial charge in [-0.1, -0.05) is 45.0 Å². The number of amides is 2. The van der Waals surface area contributed by atoms with Crippen LogP contribution in [-0.4, -0.2) is 33.5 Å². The number of nitrogens with zero attached hydrogens (tertiary/aromatic N) is 2. The predicted molar refractivity (Wildman–Crippen MR) is 131 cm³/mol. The minimum absolute atomic E-state index is 0.220. The zero-order chi connectivity index (χ0) is 26.3. The number of hydrogen-bond donors (Lipinski definition) is 2. The highest BCUT2D eigenvalue weighted by Gasteiger charge is 2.38. The van der Waals surface area contributed by atoms with Crippen LogP contribution in [0.25, 0.3) is 0 Å². The monoisotopic (exact) mass is 517 g/mol. The quantitative estimate of drug-likeness (QED) is 0.407. The third kappa shape index (κ3) is 5.53. The average Bonchev–Trinajstić information content (AvgIpc) is 3.23. The fourth-order valence-electron chi connectivity index (χ4n) is 4.58. The number of benzene rings is 2.